The molecule has 1 aromatic heterocycles. The van der Waals surface area contributed by atoms with Gasteiger partial charge in [-0.15, -0.1) is 0 Å². The van der Waals surface area contributed by atoms with Gasteiger partial charge < -0.3 is 10.2 Å². The summed E-state index contributed by atoms with van der Waals surface area (Å²) in [6.45, 7) is 8.89. The van der Waals surface area contributed by atoms with Crippen molar-refractivity contribution in [3.63, 3.8) is 0 Å². The summed E-state index contributed by atoms with van der Waals surface area (Å²) in [5.74, 6) is 1.10. The molecule has 4 rings (SSSR count). The molecule has 0 spiro atoms. The highest BCUT2D eigenvalue weighted by Crippen LogP contribution is 2.38. The number of piperazine rings is 1. The lowest BCUT2D eigenvalue weighted by molar-refractivity contribution is 0.432. The number of aromatic nitrogens is 1. The number of aryl methyl sites for hydroxylation is 1. The van der Waals surface area contributed by atoms with Gasteiger partial charge in [-0.3, -0.25) is 0 Å². The number of nitrogens with zero attached hydrogens (tertiary/aromatic N) is 2. The third-order valence-corrected chi connectivity index (χ3v) is 5.55. The Balaban J connectivity index is 1.67. The fourth-order valence-electron chi connectivity index (χ4n) is 4.13. The maximum absolute atomic E-state index is 4.95. The molecule has 0 saturated carbocycles. The second-order valence-electron chi connectivity index (χ2n) is 7.73. The van der Waals surface area contributed by atoms with Crippen LogP contribution in [0, 0.1) is 0 Å². The van der Waals surface area contributed by atoms with Gasteiger partial charge in [0.25, 0.3) is 0 Å². The minimum absolute atomic E-state index is 0.308. The standard InChI is InChI=1S/C21H27N3/c1-21(2)10-4-5-16-15-17(8-9-18(16)21)19-6-3-7-20(23-19)24-13-11-22-12-14-24/h3,6-9,15,22H,4-5,10-14H2,1-2H3. The van der Waals surface area contributed by atoms with E-state index in [0.717, 1.165) is 37.7 Å². The Morgan fingerprint density at radius 1 is 1.08 bits per heavy atom. The normalized spacial score (nSPS) is 19.8. The molecule has 3 nitrogen and oxygen atoms in total. The third-order valence-electron chi connectivity index (χ3n) is 5.55. The van der Waals surface area contributed by atoms with E-state index in [-0.39, 0.29) is 0 Å². The van der Waals surface area contributed by atoms with E-state index in [0.29, 0.717) is 5.41 Å². The van der Waals surface area contributed by atoms with Gasteiger partial charge in [0.15, 0.2) is 0 Å². The minimum Gasteiger partial charge on any atom is -0.354 e. The molecule has 0 atom stereocenters. The van der Waals surface area contributed by atoms with E-state index < -0.39 is 0 Å². The van der Waals surface area contributed by atoms with Crippen LogP contribution >= 0.6 is 0 Å². The molecule has 3 heteroatoms. The van der Waals surface area contributed by atoms with E-state index in [1.807, 2.05) is 0 Å². The molecule has 0 radical (unpaired) electrons. The lowest BCUT2D eigenvalue weighted by atomic mass is 9.72. The lowest BCUT2D eigenvalue weighted by Gasteiger charge is -2.33. The van der Waals surface area contributed by atoms with Crippen LogP contribution in [-0.2, 0) is 11.8 Å². The van der Waals surface area contributed by atoms with Crippen molar-refractivity contribution in [3.05, 3.63) is 47.5 Å². The first-order chi connectivity index (χ1) is 11.6. The van der Waals surface area contributed by atoms with E-state index in [4.69, 9.17) is 4.98 Å². The first-order valence-corrected chi connectivity index (χ1v) is 9.20. The van der Waals surface area contributed by atoms with Crippen LogP contribution in [0.2, 0.25) is 0 Å². The van der Waals surface area contributed by atoms with E-state index >= 15 is 0 Å². The van der Waals surface area contributed by atoms with Crippen LogP contribution in [0.3, 0.4) is 0 Å². The molecule has 2 aromatic rings. The molecule has 24 heavy (non-hydrogen) atoms. The van der Waals surface area contributed by atoms with Crippen molar-refractivity contribution < 1.29 is 0 Å². The van der Waals surface area contributed by atoms with Crippen LogP contribution in [0.5, 0.6) is 0 Å². The van der Waals surface area contributed by atoms with Crippen molar-refractivity contribution in [1.29, 1.82) is 0 Å². The Morgan fingerprint density at radius 3 is 2.75 bits per heavy atom. The predicted octanol–water partition coefficient (Wildman–Crippen LogP) is 3.77. The zero-order valence-electron chi connectivity index (χ0n) is 14.8. The van der Waals surface area contributed by atoms with Gasteiger partial charge in [-0.25, -0.2) is 4.98 Å². The number of rotatable bonds is 2. The quantitative estimate of drug-likeness (QED) is 0.912. The summed E-state index contributed by atoms with van der Waals surface area (Å²) in [5.41, 5.74) is 5.69. The number of benzene rings is 1. The highest BCUT2D eigenvalue weighted by molar-refractivity contribution is 5.64. The average molecular weight is 321 g/mol. The van der Waals surface area contributed by atoms with Gasteiger partial charge in [-0.05, 0) is 54.0 Å². The number of hydrogen-bond acceptors (Lipinski definition) is 3. The topological polar surface area (TPSA) is 28.2 Å². The summed E-state index contributed by atoms with van der Waals surface area (Å²) in [4.78, 5) is 7.33. The number of fused-ring (bicyclic) bond motifs is 1. The maximum atomic E-state index is 4.95. The Morgan fingerprint density at radius 2 is 1.92 bits per heavy atom. The predicted molar refractivity (Wildman–Crippen MR) is 101 cm³/mol. The molecule has 1 fully saturated rings. The Bertz CT molecular complexity index is 730. The van der Waals surface area contributed by atoms with Crippen LogP contribution < -0.4 is 10.2 Å². The van der Waals surface area contributed by atoms with Crippen molar-refractivity contribution in [3.8, 4) is 11.3 Å². The van der Waals surface area contributed by atoms with E-state index in [9.17, 15) is 0 Å². The molecule has 0 unspecified atom stereocenters. The van der Waals surface area contributed by atoms with Gasteiger partial charge in [0.1, 0.15) is 5.82 Å². The van der Waals surface area contributed by atoms with Crippen molar-refractivity contribution >= 4 is 5.82 Å². The van der Waals surface area contributed by atoms with Crippen molar-refractivity contribution in [2.24, 2.45) is 0 Å². The smallest absolute Gasteiger partial charge is 0.129 e. The number of hydrogen-bond donors (Lipinski definition) is 1. The van der Waals surface area contributed by atoms with Crippen LogP contribution in [0.25, 0.3) is 11.3 Å². The molecule has 1 aliphatic heterocycles. The van der Waals surface area contributed by atoms with Gasteiger partial charge >= 0.3 is 0 Å². The average Bonchev–Trinajstić information content (AvgIpc) is 2.62. The van der Waals surface area contributed by atoms with E-state index in [1.165, 1.54) is 36.0 Å². The summed E-state index contributed by atoms with van der Waals surface area (Å²) in [5, 5.41) is 3.40. The lowest BCUT2D eigenvalue weighted by Crippen LogP contribution is -2.43. The minimum atomic E-state index is 0.308. The Labute approximate surface area is 145 Å². The number of nitrogens with one attached hydrogen (secondary N) is 1. The fourth-order valence-corrected chi connectivity index (χ4v) is 4.13. The first kappa shape index (κ1) is 15.6. The number of pyridine rings is 1. The van der Waals surface area contributed by atoms with Crippen molar-refractivity contribution in [2.75, 3.05) is 31.1 Å². The van der Waals surface area contributed by atoms with Crippen molar-refractivity contribution in [1.82, 2.24) is 10.3 Å². The Kier molecular flexibility index (Phi) is 4.05. The second-order valence-corrected chi connectivity index (χ2v) is 7.73. The summed E-state index contributed by atoms with van der Waals surface area (Å²) < 4.78 is 0. The van der Waals surface area contributed by atoms with E-state index in [1.54, 1.807) is 0 Å². The van der Waals surface area contributed by atoms with Gasteiger partial charge in [-0.1, -0.05) is 32.0 Å². The van der Waals surface area contributed by atoms with Crippen LogP contribution in [0.15, 0.2) is 36.4 Å². The summed E-state index contributed by atoms with van der Waals surface area (Å²) in [6.07, 6.45) is 3.78. The molecule has 1 aromatic carbocycles. The SMILES string of the molecule is CC1(C)CCCc2cc(-c3cccc(N4CCNCC4)n3)ccc21. The second kappa shape index (κ2) is 6.21. The molecule has 0 amide bonds. The largest absolute Gasteiger partial charge is 0.354 e. The van der Waals surface area contributed by atoms with Gasteiger partial charge in [0.2, 0.25) is 0 Å². The monoisotopic (exact) mass is 321 g/mol. The fraction of sp³-hybridized carbons (Fsp3) is 0.476. The molecule has 0 bridgehead atoms. The molecular weight excluding hydrogens is 294 g/mol. The summed E-state index contributed by atoms with van der Waals surface area (Å²) in [7, 11) is 0. The van der Waals surface area contributed by atoms with E-state index in [2.05, 4.69) is 60.5 Å². The molecule has 126 valence electrons. The van der Waals surface area contributed by atoms with Gasteiger partial charge in [-0.2, -0.15) is 0 Å². The van der Waals surface area contributed by atoms with Crippen LogP contribution in [-0.4, -0.2) is 31.2 Å². The van der Waals surface area contributed by atoms with Gasteiger partial charge in [0.05, 0.1) is 5.69 Å². The molecule has 1 aliphatic carbocycles. The van der Waals surface area contributed by atoms with Crippen LogP contribution in [0.1, 0.15) is 37.8 Å². The van der Waals surface area contributed by atoms with Crippen molar-refractivity contribution in [2.45, 2.75) is 38.5 Å². The van der Waals surface area contributed by atoms with Crippen LogP contribution in [0.4, 0.5) is 5.82 Å². The third kappa shape index (κ3) is 2.93. The zero-order valence-corrected chi connectivity index (χ0v) is 14.8. The summed E-state index contributed by atoms with van der Waals surface area (Å²) in [6, 6.07) is 13.4. The highest BCUT2D eigenvalue weighted by atomic mass is 15.2. The molecule has 1 N–H and O–H groups in total. The maximum Gasteiger partial charge on any atom is 0.129 e. The molecule has 1 saturated heterocycles. The number of anilines is 1. The summed E-state index contributed by atoms with van der Waals surface area (Å²) >= 11 is 0. The first-order valence-electron chi connectivity index (χ1n) is 9.20. The van der Waals surface area contributed by atoms with Gasteiger partial charge in [0, 0.05) is 31.7 Å². The molecule has 2 aliphatic rings. The molecule has 2 heterocycles. The zero-order chi connectivity index (χ0) is 16.6. The molecular formula is C21H27N3. The Hall–Kier alpha value is -1.87. The highest BCUT2D eigenvalue weighted by Gasteiger charge is 2.27.